The number of nitrogens with zero attached hydrogens (tertiary/aromatic N) is 2. The Bertz CT molecular complexity index is 502. The molecular weight excluding hydrogens is 254 g/mol. The number of aromatic nitrogens is 2. The normalized spacial score (nSPS) is 10.6. The Kier molecular flexibility index (Phi) is 4.55. The second-order valence-corrected chi connectivity index (χ2v) is 3.93. The number of halogens is 1. The molecule has 1 aromatic heterocycles. The summed E-state index contributed by atoms with van der Waals surface area (Å²) in [6.07, 6.45) is 0.816. The Morgan fingerprint density at radius 3 is 2.89 bits per heavy atom. The van der Waals surface area contributed by atoms with E-state index >= 15 is 0 Å². The quantitative estimate of drug-likeness (QED) is 0.816. The van der Waals surface area contributed by atoms with E-state index in [2.05, 4.69) is 15.5 Å². The Labute approximate surface area is 110 Å². The molecule has 2 rings (SSSR count). The first kappa shape index (κ1) is 12.9. The van der Waals surface area contributed by atoms with Crippen LogP contribution in [0.15, 0.2) is 28.7 Å². The van der Waals surface area contributed by atoms with Crippen molar-refractivity contribution in [2.75, 3.05) is 19.0 Å². The van der Waals surface area contributed by atoms with E-state index in [0.29, 0.717) is 18.5 Å². The van der Waals surface area contributed by atoms with Gasteiger partial charge in [0, 0.05) is 12.8 Å². The molecule has 1 N–H and O–H groups in total. The predicted octanol–water partition coefficient (Wildman–Crippen LogP) is 2.74. The van der Waals surface area contributed by atoms with Crippen LogP contribution < -0.4 is 5.32 Å². The molecule has 0 aliphatic carbocycles. The lowest BCUT2D eigenvalue weighted by Crippen LogP contribution is -2.00. The van der Waals surface area contributed by atoms with Gasteiger partial charge in [-0.1, -0.05) is 23.3 Å². The smallest absolute Gasteiger partial charge is 0.320 e. The lowest BCUT2D eigenvalue weighted by molar-refractivity contribution is 0.202. The van der Waals surface area contributed by atoms with Crippen LogP contribution in [0.4, 0.5) is 11.7 Å². The van der Waals surface area contributed by atoms with Gasteiger partial charge in [-0.3, -0.25) is 0 Å². The Balaban J connectivity index is 2.12. The molecule has 0 aliphatic heterocycles. The van der Waals surface area contributed by atoms with Gasteiger partial charge in [0.15, 0.2) is 0 Å². The maximum atomic E-state index is 5.60. The topological polar surface area (TPSA) is 60.2 Å². The molecule has 0 bridgehead atoms. The van der Waals surface area contributed by atoms with Crippen molar-refractivity contribution in [1.29, 1.82) is 0 Å². The van der Waals surface area contributed by atoms with Gasteiger partial charge in [0.1, 0.15) is 5.88 Å². The molecule has 1 aromatic carbocycles. The highest BCUT2D eigenvalue weighted by Crippen LogP contribution is 2.20. The summed E-state index contributed by atoms with van der Waals surface area (Å²) in [5.74, 6) is 0.605. The van der Waals surface area contributed by atoms with E-state index in [1.807, 2.05) is 24.3 Å². The molecule has 0 radical (unpaired) electrons. The molecule has 0 fully saturated rings. The Hall–Kier alpha value is -1.59. The molecule has 0 spiro atoms. The van der Waals surface area contributed by atoms with Gasteiger partial charge in [-0.15, -0.1) is 16.7 Å². The zero-order chi connectivity index (χ0) is 12.8. The summed E-state index contributed by atoms with van der Waals surface area (Å²) in [6.45, 7) is 0.662. The van der Waals surface area contributed by atoms with Crippen molar-refractivity contribution >= 4 is 23.3 Å². The van der Waals surface area contributed by atoms with E-state index in [1.165, 1.54) is 0 Å². The van der Waals surface area contributed by atoms with Crippen LogP contribution >= 0.6 is 11.6 Å². The van der Waals surface area contributed by atoms with Gasteiger partial charge in [-0.05, 0) is 18.1 Å². The number of rotatable bonds is 6. The molecule has 0 unspecified atom stereocenters. The number of hydrogen-bond acceptors (Lipinski definition) is 5. The van der Waals surface area contributed by atoms with Crippen molar-refractivity contribution < 1.29 is 9.15 Å². The van der Waals surface area contributed by atoms with Gasteiger partial charge < -0.3 is 14.5 Å². The summed E-state index contributed by atoms with van der Waals surface area (Å²) >= 11 is 5.60. The number of alkyl halides is 1. The monoisotopic (exact) mass is 267 g/mol. The molecular formula is C12H14ClN3O2. The summed E-state index contributed by atoms with van der Waals surface area (Å²) in [6, 6.07) is 8.25. The molecule has 96 valence electrons. The lowest BCUT2D eigenvalue weighted by Gasteiger charge is -2.08. The Morgan fingerprint density at radius 2 is 2.17 bits per heavy atom. The molecule has 2 aromatic rings. The second kappa shape index (κ2) is 6.37. The lowest BCUT2D eigenvalue weighted by atomic mass is 10.1. The third-order valence-corrected chi connectivity index (χ3v) is 2.64. The summed E-state index contributed by atoms with van der Waals surface area (Å²) in [7, 11) is 1.68. The third kappa shape index (κ3) is 3.21. The van der Waals surface area contributed by atoms with Crippen LogP contribution in [0.5, 0.6) is 0 Å². The number of para-hydroxylation sites is 1. The van der Waals surface area contributed by atoms with Crippen LogP contribution in [0, 0.1) is 0 Å². The summed E-state index contributed by atoms with van der Waals surface area (Å²) < 4.78 is 10.4. The number of methoxy groups -OCH3 is 1. The number of hydrogen-bond donors (Lipinski definition) is 1. The fourth-order valence-electron chi connectivity index (χ4n) is 1.55. The maximum Gasteiger partial charge on any atom is 0.320 e. The minimum absolute atomic E-state index is 0.208. The van der Waals surface area contributed by atoms with Crippen LogP contribution in [0.1, 0.15) is 11.5 Å². The fourth-order valence-corrected chi connectivity index (χ4v) is 1.65. The first-order valence-corrected chi connectivity index (χ1v) is 6.09. The molecule has 6 heteroatoms. The summed E-state index contributed by atoms with van der Waals surface area (Å²) in [4.78, 5) is 0. The number of nitrogens with one attached hydrogen (secondary N) is 1. The van der Waals surface area contributed by atoms with Gasteiger partial charge in [-0.2, -0.15) is 0 Å². The zero-order valence-electron chi connectivity index (χ0n) is 10.0. The fraction of sp³-hybridized carbons (Fsp3) is 0.333. The first-order chi connectivity index (χ1) is 8.83. The van der Waals surface area contributed by atoms with Crippen molar-refractivity contribution in [1.82, 2.24) is 10.2 Å². The van der Waals surface area contributed by atoms with Crippen LogP contribution in [0.3, 0.4) is 0 Å². The van der Waals surface area contributed by atoms with Gasteiger partial charge in [-0.25, -0.2) is 0 Å². The average molecular weight is 268 g/mol. The van der Waals surface area contributed by atoms with E-state index in [1.54, 1.807) is 7.11 Å². The predicted molar refractivity (Wildman–Crippen MR) is 69.2 cm³/mol. The molecule has 0 amide bonds. The first-order valence-electron chi connectivity index (χ1n) is 5.55. The molecule has 5 nitrogen and oxygen atoms in total. The van der Waals surface area contributed by atoms with Gasteiger partial charge in [0.25, 0.3) is 0 Å². The zero-order valence-corrected chi connectivity index (χ0v) is 10.8. The third-order valence-electron chi connectivity index (χ3n) is 2.42. The molecule has 18 heavy (non-hydrogen) atoms. The van der Waals surface area contributed by atoms with Crippen LogP contribution in [0.2, 0.25) is 0 Å². The summed E-state index contributed by atoms with van der Waals surface area (Å²) in [5.41, 5.74) is 2.06. The van der Waals surface area contributed by atoms with E-state index < -0.39 is 0 Å². The molecule has 1 heterocycles. The van der Waals surface area contributed by atoms with Crippen molar-refractivity contribution in [3.05, 3.63) is 35.7 Å². The standard InChI is InChI=1S/C12H14ClN3O2/c1-17-7-6-9-4-2-3-5-10(9)14-12-16-15-11(8-13)18-12/h2-5H,6-8H2,1H3,(H,14,16). The van der Waals surface area contributed by atoms with E-state index in [4.69, 9.17) is 20.8 Å². The van der Waals surface area contributed by atoms with Crippen LogP contribution in [-0.2, 0) is 17.0 Å². The van der Waals surface area contributed by atoms with Crippen molar-refractivity contribution in [2.24, 2.45) is 0 Å². The number of anilines is 2. The molecule has 0 saturated carbocycles. The van der Waals surface area contributed by atoms with E-state index in [0.717, 1.165) is 17.7 Å². The van der Waals surface area contributed by atoms with Gasteiger partial charge in [0.05, 0.1) is 6.61 Å². The van der Waals surface area contributed by atoms with Crippen molar-refractivity contribution in [3.63, 3.8) is 0 Å². The number of benzene rings is 1. The average Bonchev–Trinajstić information content (AvgIpc) is 2.85. The van der Waals surface area contributed by atoms with Gasteiger partial charge in [0.2, 0.25) is 5.89 Å². The van der Waals surface area contributed by atoms with Crippen molar-refractivity contribution in [2.45, 2.75) is 12.3 Å². The maximum absolute atomic E-state index is 5.60. The molecule has 0 saturated heterocycles. The largest absolute Gasteiger partial charge is 0.407 e. The van der Waals surface area contributed by atoms with Gasteiger partial charge >= 0.3 is 6.01 Å². The highest BCUT2D eigenvalue weighted by Gasteiger charge is 2.07. The van der Waals surface area contributed by atoms with Crippen LogP contribution in [0.25, 0.3) is 0 Å². The second-order valence-electron chi connectivity index (χ2n) is 3.66. The van der Waals surface area contributed by atoms with Crippen molar-refractivity contribution in [3.8, 4) is 0 Å². The highest BCUT2D eigenvalue weighted by atomic mass is 35.5. The SMILES string of the molecule is COCCc1ccccc1Nc1nnc(CCl)o1. The highest BCUT2D eigenvalue weighted by molar-refractivity contribution is 6.16. The number of ether oxygens (including phenoxy) is 1. The molecule has 0 aliphatic rings. The minimum atomic E-state index is 0.208. The van der Waals surface area contributed by atoms with E-state index in [-0.39, 0.29) is 5.88 Å². The minimum Gasteiger partial charge on any atom is -0.407 e. The van der Waals surface area contributed by atoms with Crippen LogP contribution in [-0.4, -0.2) is 23.9 Å². The Morgan fingerprint density at radius 1 is 1.33 bits per heavy atom. The summed E-state index contributed by atoms with van der Waals surface area (Å²) in [5, 5.41) is 10.7. The molecule has 0 atom stereocenters. The van der Waals surface area contributed by atoms with E-state index in [9.17, 15) is 0 Å².